The zero-order chi connectivity index (χ0) is 14.9. The molecule has 0 spiro atoms. The molecule has 0 aromatic carbocycles. The van der Waals surface area contributed by atoms with Crippen molar-refractivity contribution in [2.24, 2.45) is 0 Å². The molecule has 1 unspecified atom stereocenters. The number of thioether (sulfide) groups is 1. The number of imidazole rings is 1. The van der Waals surface area contributed by atoms with Crippen LogP contribution in [0.25, 0.3) is 4.96 Å². The molecule has 0 amide bonds. The molecule has 0 aliphatic heterocycles. The lowest BCUT2D eigenvalue weighted by molar-refractivity contribution is 0.384. The van der Waals surface area contributed by atoms with Crippen molar-refractivity contribution in [3.05, 3.63) is 11.6 Å². The van der Waals surface area contributed by atoms with Crippen molar-refractivity contribution in [1.82, 2.24) is 13.7 Å². The Hall–Kier alpha value is -0.770. The summed E-state index contributed by atoms with van der Waals surface area (Å²) >= 11 is 2.99. The molecule has 2 aromatic heterocycles. The van der Waals surface area contributed by atoms with Crippen molar-refractivity contribution in [3.63, 3.8) is 0 Å². The van der Waals surface area contributed by atoms with Gasteiger partial charge >= 0.3 is 0 Å². The third-order valence-corrected chi connectivity index (χ3v) is 6.64. The molecule has 0 saturated carbocycles. The first-order chi connectivity index (χ1) is 9.43. The van der Waals surface area contributed by atoms with Gasteiger partial charge in [0.05, 0.1) is 0 Å². The quantitative estimate of drug-likeness (QED) is 0.870. The minimum Gasteiger partial charge on any atom is -0.381 e. The number of aromatic nitrogens is 2. The largest absolute Gasteiger partial charge is 0.381 e. The van der Waals surface area contributed by atoms with E-state index in [0.717, 1.165) is 12.2 Å². The fourth-order valence-corrected chi connectivity index (χ4v) is 5.36. The number of nitrogens with two attached hydrogens (primary N) is 1. The molecule has 0 fully saturated rings. The highest BCUT2D eigenvalue weighted by molar-refractivity contribution is 7.98. The van der Waals surface area contributed by atoms with Crippen molar-refractivity contribution < 1.29 is 8.42 Å². The first-order valence-corrected chi connectivity index (χ1v) is 9.82. The topological polar surface area (TPSA) is 80.7 Å². The second kappa shape index (κ2) is 5.92. The standard InChI is InChI=1S/C11H18N4O2S3/c1-4-8(7-18-3)14(2)20(16,17)10-9(12)13-11-15(10)5-6-19-11/h5-6,8H,4,7,12H2,1-3H3. The number of nitrogen functional groups attached to an aromatic ring is 1. The van der Waals surface area contributed by atoms with Crippen LogP contribution in [0.1, 0.15) is 13.3 Å². The van der Waals surface area contributed by atoms with Gasteiger partial charge in [-0.2, -0.15) is 16.1 Å². The van der Waals surface area contributed by atoms with Gasteiger partial charge in [0, 0.05) is 30.4 Å². The molecule has 2 rings (SSSR count). The van der Waals surface area contributed by atoms with Crippen LogP contribution in [-0.2, 0) is 10.0 Å². The van der Waals surface area contributed by atoms with E-state index < -0.39 is 10.0 Å². The van der Waals surface area contributed by atoms with Crippen molar-refractivity contribution in [2.75, 3.05) is 24.8 Å². The molecule has 9 heteroatoms. The first-order valence-electron chi connectivity index (χ1n) is 6.11. The summed E-state index contributed by atoms with van der Waals surface area (Å²) in [6.07, 6.45) is 4.40. The van der Waals surface area contributed by atoms with E-state index in [1.54, 1.807) is 30.4 Å². The van der Waals surface area contributed by atoms with Gasteiger partial charge in [-0.3, -0.25) is 4.40 Å². The lowest BCUT2D eigenvalue weighted by Crippen LogP contribution is -2.39. The molecule has 20 heavy (non-hydrogen) atoms. The number of hydrogen-bond donors (Lipinski definition) is 1. The number of hydrogen-bond acceptors (Lipinski definition) is 6. The molecule has 0 saturated heterocycles. The van der Waals surface area contributed by atoms with Gasteiger partial charge in [0.1, 0.15) is 0 Å². The van der Waals surface area contributed by atoms with Gasteiger partial charge in [-0.1, -0.05) is 6.92 Å². The molecule has 2 aromatic rings. The maximum atomic E-state index is 12.8. The number of thiazole rings is 1. The number of rotatable bonds is 6. The highest BCUT2D eigenvalue weighted by atomic mass is 32.2. The van der Waals surface area contributed by atoms with E-state index in [1.165, 1.54) is 20.0 Å². The summed E-state index contributed by atoms with van der Waals surface area (Å²) in [6, 6.07) is -0.0569. The van der Waals surface area contributed by atoms with Crippen LogP contribution in [-0.4, -0.2) is 47.2 Å². The maximum absolute atomic E-state index is 12.8. The molecule has 0 radical (unpaired) electrons. The van der Waals surface area contributed by atoms with Crippen LogP contribution in [0.5, 0.6) is 0 Å². The number of sulfonamides is 1. The van der Waals surface area contributed by atoms with Crippen LogP contribution in [0.2, 0.25) is 0 Å². The van der Waals surface area contributed by atoms with E-state index in [4.69, 9.17) is 5.73 Å². The van der Waals surface area contributed by atoms with Crippen LogP contribution in [0.4, 0.5) is 5.82 Å². The van der Waals surface area contributed by atoms with Crippen molar-refractivity contribution in [3.8, 4) is 0 Å². The molecule has 0 aliphatic carbocycles. The Balaban J connectivity index is 2.48. The van der Waals surface area contributed by atoms with Crippen molar-refractivity contribution in [2.45, 2.75) is 24.4 Å². The van der Waals surface area contributed by atoms with Gasteiger partial charge in [0.2, 0.25) is 0 Å². The van der Waals surface area contributed by atoms with Gasteiger partial charge < -0.3 is 5.73 Å². The zero-order valence-corrected chi connectivity index (χ0v) is 14.1. The molecule has 1 atom stereocenters. The normalized spacial score (nSPS) is 14.2. The van der Waals surface area contributed by atoms with E-state index in [2.05, 4.69) is 4.98 Å². The summed E-state index contributed by atoms with van der Waals surface area (Å²) in [6.45, 7) is 1.98. The minimum atomic E-state index is -3.65. The van der Waals surface area contributed by atoms with Crippen LogP contribution in [0.3, 0.4) is 0 Å². The molecule has 0 bridgehead atoms. The average Bonchev–Trinajstić information content (AvgIpc) is 2.94. The number of fused-ring (bicyclic) bond motifs is 1. The van der Waals surface area contributed by atoms with E-state index in [-0.39, 0.29) is 16.9 Å². The Labute approximate surface area is 127 Å². The summed E-state index contributed by atoms with van der Waals surface area (Å²) in [7, 11) is -2.05. The highest BCUT2D eigenvalue weighted by Crippen LogP contribution is 2.27. The maximum Gasteiger partial charge on any atom is 0.262 e. The monoisotopic (exact) mass is 334 g/mol. The summed E-state index contributed by atoms with van der Waals surface area (Å²) in [4.78, 5) is 4.69. The minimum absolute atomic E-state index is 0.0569. The summed E-state index contributed by atoms with van der Waals surface area (Å²) in [5.41, 5.74) is 5.80. The first kappa shape index (κ1) is 15.6. The van der Waals surface area contributed by atoms with Crippen LogP contribution in [0.15, 0.2) is 16.6 Å². The SMILES string of the molecule is CCC(CSC)N(C)S(=O)(=O)c1c(N)nc2sccn12. The second-order valence-corrected chi connectivity index (χ2v) is 8.09. The van der Waals surface area contributed by atoms with E-state index in [1.807, 2.05) is 13.2 Å². The van der Waals surface area contributed by atoms with Crippen molar-refractivity contribution >= 4 is 43.9 Å². The van der Waals surface area contributed by atoms with Gasteiger partial charge in [-0.25, -0.2) is 13.4 Å². The number of nitrogens with zero attached hydrogens (tertiary/aromatic N) is 3. The lowest BCUT2D eigenvalue weighted by Gasteiger charge is -2.25. The Morgan fingerprint density at radius 1 is 1.60 bits per heavy atom. The molecule has 2 heterocycles. The Bertz CT molecular complexity index is 692. The van der Waals surface area contributed by atoms with Crippen LogP contribution in [0, 0.1) is 0 Å². The predicted octanol–water partition coefficient (Wildman–Crippen LogP) is 1.74. The van der Waals surface area contributed by atoms with Crippen LogP contribution < -0.4 is 5.73 Å². The summed E-state index contributed by atoms with van der Waals surface area (Å²) < 4.78 is 28.5. The molecule has 2 N–H and O–H groups in total. The van der Waals surface area contributed by atoms with E-state index >= 15 is 0 Å². The zero-order valence-electron chi connectivity index (χ0n) is 11.6. The fraction of sp³-hybridized carbons (Fsp3) is 0.545. The van der Waals surface area contributed by atoms with Crippen LogP contribution >= 0.6 is 23.1 Å². The van der Waals surface area contributed by atoms with E-state index in [0.29, 0.717) is 4.96 Å². The average molecular weight is 334 g/mol. The smallest absolute Gasteiger partial charge is 0.262 e. The number of anilines is 1. The highest BCUT2D eigenvalue weighted by Gasteiger charge is 2.32. The second-order valence-electron chi connectivity index (χ2n) is 4.40. The lowest BCUT2D eigenvalue weighted by atomic mass is 10.3. The third kappa shape index (κ3) is 2.54. The molecule has 0 aliphatic rings. The summed E-state index contributed by atoms with van der Waals surface area (Å²) in [5.74, 6) is 0.806. The molecular weight excluding hydrogens is 316 g/mol. The Morgan fingerprint density at radius 2 is 2.30 bits per heavy atom. The Kier molecular flexibility index (Phi) is 4.62. The molecular formula is C11H18N4O2S3. The fourth-order valence-electron chi connectivity index (χ4n) is 2.04. The molecule has 6 nitrogen and oxygen atoms in total. The van der Waals surface area contributed by atoms with Gasteiger partial charge in [-0.05, 0) is 12.7 Å². The summed E-state index contributed by atoms with van der Waals surface area (Å²) in [5, 5.41) is 1.86. The van der Waals surface area contributed by atoms with E-state index in [9.17, 15) is 8.42 Å². The Morgan fingerprint density at radius 3 is 2.90 bits per heavy atom. The predicted molar refractivity (Wildman–Crippen MR) is 84.9 cm³/mol. The van der Waals surface area contributed by atoms with Gasteiger partial charge in [-0.15, -0.1) is 11.3 Å². The molecule has 112 valence electrons. The third-order valence-electron chi connectivity index (χ3n) is 3.21. The van der Waals surface area contributed by atoms with Gasteiger partial charge in [0.15, 0.2) is 15.8 Å². The van der Waals surface area contributed by atoms with Crippen molar-refractivity contribution in [1.29, 1.82) is 0 Å². The van der Waals surface area contributed by atoms with Gasteiger partial charge in [0.25, 0.3) is 10.0 Å².